The molecule has 1 fully saturated rings. The van der Waals surface area contributed by atoms with Gasteiger partial charge in [0.25, 0.3) is 0 Å². The van der Waals surface area contributed by atoms with Gasteiger partial charge in [0, 0.05) is 25.0 Å². The summed E-state index contributed by atoms with van der Waals surface area (Å²) in [5.41, 5.74) is 3.76. The summed E-state index contributed by atoms with van der Waals surface area (Å²) in [6.45, 7) is 3.91. The molecule has 0 unspecified atom stereocenters. The van der Waals surface area contributed by atoms with E-state index >= 15 is 0 Å². The molecule has 154 valence electrons. The van der Waals surface area contributed by atoms with Crippen LogP contribution in [0.4, 0.5) is 0 Å². The van der Waals surface area contributed by atoms with E-state index in [0.29, 0.717) is 0 Å². The maximum absolute atomic E-state index is 12.5. The number of nitrogens with one attached hydrogen (secondary N) is 1. The predicted molar refractivity (Wildman–Crippen MR) is 113 cm³/mol. The third kappa shape index (κ3) is 4.25. The van der Waals surface area contributed by atoms with Crippen molar-refractivity contribution in [1.82, 2.24) is 10.2 Å². The third-order valence-corrected chi connectivity index (χ3v) is 6.05. The molecule has 1 heterocycles. The molecule has 5 nitrogen and oxygen atoms in total. The highest BCUT2D eigenvalue weighted by molar-refractivity contribution is 5.81. The van der Waals surface area contributed by atoms with Crippen molar-refractivity contribution in [2.45, 2.75) is 44.8 Å². The van der Waals surface area contributed by atoms with Crippen LogP contribution in [-0.4, -0.2) is 37.6 Å². The summed E-state index contributed by atoms with van der Waals surface area (Å²) < 4.78 is 11.1. The van der Waals surface area contributed by atoms with Gasteiger partial charge < -0.3 is 14.8 Å². The van der Waals surface area contributed by atoms with Crippen LogP contribution in [0, 0.1) is 5.92 Å². The summed E-state index contributed by atoms with van der Waals surface area (Å²) in [6.07, 6.45) is 2.97. The first-order valence-electron chi connectivity index (χ1n) is 10.4. The summed E-state index contributed by atoms with van der Waals surface area (Å²) >= 11 is 0. The number of amides is 1. The largest absolute Gasteiger partial charge is 0.493 e. The van der Waals surface area contributed by atoms with Crippen LogP contribution in [0.15, 0.2) is 42.5 Å². The molecule has 29 heavy (non-hydrogen) atoms. The Morgan fingerprint density at radius 3 is 2.48 bits per heavy atom. The normalized spacial score (nSPS) is 19.9. The molecule has 2 aromatic rings. The van der Waals surface area contributed by atoms with E-state index < -0.39 is 0 Å². The van der Waals surface area contributed by atoms with Crippen molar-refractivity contribution in [3.8, 4) is 11.5 Å². The van der Waals surface area contributed by atoms with Gasteiger partial charge >= 0.3 is 0 Å². The Morgan fingerprint density at radius 2 is 1.83 bits per heavy atom. The number of rotatable bonds is 7. The van der Waals surface area contributed by atoms with Crippen molar-refractivity contribution in [1.29, 1.82) is 0 Å². The molecule has 2 atom stereocenters. The number of carbonyl (C=O) groups is 1. The molecule has 2 aliphatic rings. The Balaban J connectivity index is 1.67. The van der Waals surface area contributed by atoms with Crippen LogP contribution >= 0.6 is 0 Å². The van der Waals surface area contributed by atoms with Gasteiger partial charge in [0.1, 0.15) is 0 Å². The second-order valence-electron chi connectivity index (χ2n) is 8.13. The number of methoxy groups -OCH3 is 2. The van der Waals surface area contributed by atoms with Gasteiger partial charge in [0.05, 0.1) is 20.3 Å². The Labute approximate surface area is 173 Å². The van der Waals surface area contributed by atoms with Crippen LogP contribution in [0.3, 0.4) is 0 Å². The Morgan fingerprint density at radius 1 is 1.14 bits per heavy atom. The van der Waals surface area contributed by atoms with Crippen molar-refractivity contribution in [2.75, 3.05) is 20.8 Å². The standard InChI is InChI=1S/C24H30N2O3/c1-16(25-24(27)18-9-10-18)23-20-14-22(29-3)21(28-2)13-19(20)11-12-26(23)15-17-7-5-4-6-8-17/h4-8,13-14,16,18,23H,9-12,15H2,1-3H3,(H,25,27)/t16-,23+/m1/s1. The summed E-state index contributed by atoms with van der Waals surface area (Å²) in [5, 5.41) is 3.28. The smallest absolute Gasteiger partial charge is 0.223 e. The Bertz CT molecular complexity index is 864. The first-order valence-corrected chi connectivity index (χ1v) is 10.4. The van der Waals surface area contributed by atoms with E-state index in [1.807, 2.05) is 6.07 Å². The van der Waals surface area contributed by atoms with Gasteiger partial charge in [-0.25, -0.2) is 0 Å². The summed E-state index contributed by atoms with van der Waals surface area (Å²) in [7, 11) is 3.34. The lowest BCUT2D eigenvalue weighted by molar-refractivity contribution is -0.123. The van der Waals surface area contributed by atoms with Crippen LogP contribution in [-0.2, 0) is 17.8 Å². The number of fused-ring (bicyclic) bond motifs is 1. The number of benzene rings is 2. The lowest BCUT2D eigenvalue weighted by Crippen LogP contribution is -2.47. The van der Waals surface area contributed by atoms with Crippen LogP contribution in [0.2, 0.25) is 0 Å². The topological polar surface area (TPSA) is 50.8 Å². The van der Waals surface area contributed by atoms with Crippen LogP contribution in [0.5, 0.6) is 11.5 Å². The number of hydrogen-bond donors (Lipinski definition) is 1. The Kier molecular flexibility index (Phi) is 5.76. The molecular weight excluding hydrogens is 364 g/mol. The monoisotopic (exact) mass is 394 g/mol. The van der Waals surface area contributed by atoms with E-state index in [-0.39, 0.29) is 23.9 Å². The zero-order valence-electron chi connectivity index (χ0n) is 17.5. The average molecular weight is 395 g/mol. The maximum Gasteiger partial charge on any atom is 0.223 e. The fourth-order valence-corrected chi connectivity index (χ4v) is 4.38. The molecule has 4 rings (SSSR count). The van der Waals surface area contributed by atoms with E-state index in [1.54, 1.807) is 14.2 Å². The van der Waals surface area contributed by atoms with Crippen molar-refractivity contribution >= 4 is 5.91 Å². The number of nitrogens with zero attached hydrogens (tertiary/aromatic N) is 1. The minimum absolute atomic E-state index is 0.00367. The van der Waals surface area contributed by atoms with E-state index in [2.05, 4.69) is 53.5 Å². The van der Waals surface area contributed by atoms with Crippen molar-refractivity contribution in [3.05, 3.63) is 59.2 Å². The molecule has 1 amide bonds. The lowest BCUT2D eigenvalue weighted by Gasteiger charge is -2.41. The van der Waals surface area contributed by atoms with E-state index in [1.165, 1.54) is 16.7 Å². The second kappa shape index (κ2) is 8.46. The Hall–Kier alpha value is -2.53. The minimum atomic E-state index is 0.00367. The molecule has 1 saturated carbocycles. The maximum atomic E-state index is 12.5. The number of ether oxygens (including phenoxy) is 2. The van der Waals surface area contributed by atoms with Gasteiger partial charge in [0.2, 0.25) is 5.91 Å². The molecule has 0 radical (unpaired) electrons. The van der Waals surface area contributed by atoms with Crippen molar-refractivity contribution < 1.29 is 14.3 Å². The first-order chi connectivity index (χ1) is 14.1. The second-order valence-corrected chi connectivity index (χ2v) is 8.13. The zero-order chi connectivity index (χ0) is 20.4. The average Bonchev–Trinajstić information content (AvgIpc) is 3.58. The van der Waals surface area contributed by atoms with Crippen molar-refractivity contribution in [3.63, 3.8) is 0 Å². The predicted octanol–water partition coefficient (Wildman–Crippen LogP) is 3.72. The molecule has 1 N–H and O–H groups in total. The highest BCUT2D eigenvalue weighted by Gasteiger charge is 2.36. The molecule has 5 heteroatoms. The highest BCUT2D eigenvalue weighted by Crippen LogP contribution is 2.40. The number of carbonyl (C=O) groups excluding carboxylic acids is 1. The SMILES string of the molecule is COc1cc2c(cc1OC)[C@H]([C@@H](C)NC(=O)C1CC1)N(Cc1ccccc1)CC2. The van der Waals surface area contributed by atoms with Gasteiger partial charge in [0.15, 0.2) is 11.5 Å². The van der Waals surface area contributed by atoms with Crippen molar-refractivity contribution in [2.24, 2.45) is 5.92 Å². The fraction of sp³-hybridized carbons (Fsp3) is 0.458. The summed E-state index contributed by atoms with van der Waals surface area (Å²) in [4.78, 5) is 15.0. The summed E-state index contributed by atoms with van der Waals surface area (Å²) in [6, 6.07) is 14.8. The lowest BCUT2D eigenvalue weighted by atomic mass is 9.87. The molecule has 0 bridgehead atoms. The van der Waals surface area contributed by atoms with E-state index in [9.17, 15) is 4.79 Å². The van der Waals surface area contributed by atoms with Crippen LogP contribution < -0.4 is 14.8 Å². The van der Waals surface area contributed by atoms with Crippen LogP contribution in [0.1, 0.15) is 42.5 Å². The van der Waals surface area contributed by atoms with E-state index in [4.69, 9.17) is 9.47 Å². The van der Waals surface area contributed by atoms with Crippen LogP contribution in [0.25, 0.3) is 0 Å². The molecule has 0 saturated heterocycles. The first kappa shape index (κ1) is 19.8. The van der Waals surface area contributed by atoms with Gasteiger partial charge in [-0.05, 0) is 55.0 Å². The molecular formula is C24H30N2O3. The molecule has 1 aliphatic carbocycles. The summed E-state index contributed by atoms with van der Waals surface area (Å²) in [5.74, 6) is 1.88. The minimum Gasteiger partial charge on any atom is -0.493 e. The van der Waals surface area contributed by atoms with Gasteiger partial charge in [-0.3, -0.25) is 9.69 Å². The van der Waals surface area contributed by atoms with Gasteiger partial charge in [-0.2, -0.15) is 0 Å². The van der Waals surface area contributed by atoms with Gasteiger partial charge in [-0.1, -0.05) is 30.3 Å². The zero-order valence-corrected chi connectivity index (χ0v) is 17.5. The molecule has 1 aliphatic heterocycles. The highest BCUT2D eigenvalue weighted by atomic mass is 16.5. The fourth-order valence-electron chi connectivity index (χ4n) is 4.38. The van der Waals surface area contributed by atoms with Gasteiger partial charge in [-0.15, -0.1) is 0 Å². The molecule has 2 aromatic carbocycles. The third-order valence-electron chi connectivity index (χ3n) is 6.05. The molecule has 0 aromatic heterocycles. The quantitative estimate of drug-likeness (QED) is 0.778. The molecule has 0 spiro atoms. The van der Waals surface area contributed by atoms with E-state index in [0.717, 1.165) is 43.9 Å². The number of hydrogen-bond acceptors (Lipinski definition) is 4.